The van der Waals surface area contributed by atoms with Gasteiger partial charge in [-0.25, -0.2) is 8.42 Å². The molecule has 0 unspecified atom stereocenters. The second-order valence-electron chi connectivity index (χ2n) is 5.45. The molecule has 2 N–H and O–H groups in total. The molecule has 0 aliphatic heterocycles. The fourth-order valence-electron chi connectivity index (χ4n) is 2.14. The Morgan fingerprint density at radius 2 is 1.76 bits per heavy atom. The van der Waals surface area contributed by atoms with Crippen molar-refractivity contribution in [2.45, 2.75) is 26.3 Å². The van der Waals surface area contributed by atoms with Gasteiger partial charge in [-0.3, -0.25) is 4.72 Å². The largest absolute Gasteiger partial charge is 0.314 e. The first-order chi connectivity index (χ1) is 9.96. The standard InChI is InChI=1S/C16H22N2O2S/c1-13(2)17-10-5-11-21(19,20)18-16-9-8-14-6-3-4-7-15(14)12-16/h3-4,6-9,12-13,17-18H,5,10-11H2,1-2H3. The summed E-state index contributed by atoms with van der Waals surface area (Å²) >= 11 is 0. The number of nitrogens with one attached hydrogen (secondary N) is 2. The predicted molar refractivity (Wildman–Crippen MR) is 89.1 cm³/mol. The SMILES string of the molecule is CC(C)NCCCS(=O)(=O)Nc1ccc2ccccc2c1. The number of anilines is 1. The monoisotopic (exact) mass is 306 g/mol. The van der Waals surface area contributed by atoms with Crippen LogP contribution in [0.5, 0.6) is 0 Å². The highest BCUT2D eigenvalue weighted by Gasteiger charge is 2.10. The first kappa shape index (κ1) is 15.8. The molecule has 2 rings (SSSR count). The lowest BCUT2D eigenvalue weighted by molar-refractivity contribution is 0.571. The van der Waals surface area contributed by atoms with E-state index in [2.05, 4.69) is 10.0 Å². The van der Waals surface area contributed by atoms with Crippen LogP contribution in [0.4, 0.5) is 5.69 Å². The quantitative estimate of drug-likeness (QED) is 0.773. The molecule has 0 atom stereocenters. The Bertz CT molecular complexity index is 696. The zero-order chi connectivity index (χ0) is 15.3. The lowest BCUT2D eigenvalue weighted by Gasteiger charge is -2.10. The molecule has 4 nitrogen and oxygen atoms in total. The van der Waals surface area contributed by atoms with Crippen molar-refractivity contribution < 1.29 is 8.42 Å². The minimum atomic E-state index is -3.29. The molecule has 0 saturated heterocycles. The molecule has 0 spiro atoms. The molecule has 0 heterocycles. The fourth-order valence-corrected chi connectivity index (χ4v) is 3.25. The molecule has 0 fully saturated rings. The van der Waals surface area contributed by atoms with Crippen molar-refractivity contribution in [1.82, 2.24) is 5.32 Å². The Morgan fingerprint density at radius 3 is 2.48 bits per heavy atom. The van der Waals surface area contributed by atoms with E-state index in [-0.39, 0.29) is 5.75 Å². The van der Waals surface area contributed by atoms with Crippen molar-refractivity contribution in [2.24, 2.45) is 0 Å². The molecule has 0 aromatic heterocycles. The van der Waals surface area contributed by atoms with E-state index in [1.807, 2.05) is 50.2 Å². The topological polar surface area (TPSA) is 58.2 Å². The van der Waals surface area contributed by atoms with Crippen LogP contribution in [0.3, 0.4) is 0 Å². The van der Waals surface area contributed by atoms with Gasteiger partial charge in [0.2, 0.25) is 10.0 Å². The number of sulfonamides is 1. The Labute approximate surface area is 126 Å². The summed E-state index contributed by atoms with van der Waals surface area (Å²) in [6, 6.07) is 13.8. The molecule has 0 saturated carbocycles. The number of hydrogen-bond acceptors (Lipinski definition) is 3. The summed E-state index contributed by atoms with van der Waals surface area (Å²) in [5, 5.41) is 5.34. The van der Waals surface area contributed by atoms with Gasteiger partial charge in [-0.2, -0.15) is 0 Å². The van der Waals surface area contributed by atoms with Crippen LogP contribution in [-0.4, -0.2) is 26.8 Å². The minimum absolute atomic E-state index is 0.125. The Kier molecular flexibility index (Phi) is 5.20. The molecular formula is C16H22N2O2S. The van der Waals surface area contributed by atoms with Crippen LogP contribution in [0.15, 0.2) is 42.5 Å². The van der Waals surface area contributed by atoms with Crippen molar-refractivity contribution in [2.75, 3.05) is 17.0 Å². The Balaban J connectivity index is 1.98. The van der Waals surface area contributed by atoms with Gasteiger partial charge in [0.15, 0.2) is 0 Å². The van der Waals surface area contributed by atoms with Gasteiger partial charge in [0, 0.05) is 11.7 Å². The lowest BCUT2D eigenvalue weighted by Crippen LogP contribution is -2.26. The van der Waals surface area contributed by atoms with E-state index in [9.17, 15) is 8.42 Å². The molecular weight excluding hydrogens is 284 g/mol. The molecule has 2 aromatic rings. The van der Waals surface area contributed by atoms with Gasteiger partial charge in [-0.1, -0.05) is 44.2 Å². The zero-order valence-corrected chi connectivity index (χ0v) is 13.3. The number of fused-ring (bicyclic) bond motifs is 1. The van der Waals surface area contributed by atoms with E-state index >= 15 is 0 Å². The maximum Gasteiger partial charge on any atom is 0.232 e. The second kappa shape index (κ2) is 6.91. The van der Waals surface area contributed by atoms with E-state index in [0.29, 0.717) is 24.7 Å². The summed E-state index contributed by atoms with van der Waals surface area (Å²) in [4.78, 5) is 0. The van der Waals surface area contributed by atoms with Crippen molar-refractivity contribution in [3.05, 3.63) is 42.5 Å². The molecule has 114 valence electrons. The summed E-state index contributed by atoms with van der Waals surface area (Å²) < 4.78 is 26.7. The Morgan fingerprint density at radius 1 is 1.05 bits per heavy atom. The summed E-state index contributed by atoms with van der Waals surface area (Å²) in [6.07, 6.45) is 0.598. The van der Waals surface area contributed by atoms with Gasteiger partial charge in [0.05, 0.1) is 5.75 Å². The molecule has 0 radical (unpaired) electrons. The normalized spacial score (nSPS) is 12.0. The first-order valence-electron chi connectivity index (χ1n) is 7.19. The highest BCUT2D eigenvalue weighted by molar-refractivity contribution is 7.92. The molecule has 21 heavy (non-hydrogen) atoms. The number of hydrogen-bond donors (Lipinski definition) is 2. The van der Waals surface area contributed by atoms with E-state index < -0.39 is 10.0 Å². The van der Waals surface area contributed by atoms with Crippen molar-refractivity contribution in [3.63, 3.8) is 0 Å². The zero-order valence-electron chi connectivity index (χ0n) is 12.5. The third-order valence-corrected chi connectivity index (χ3v) is 4.54. The van der Waals surface area contributed by atoms with E-state index in [1.54, 1.807) is 6.07 Å². The van der Waals surface area contributed by atoms with Crippen LogP contribution in [0.25, 0.3) is 10.8 Å². The average molecular weight is 306 g/mol. The lowest BCUT2D eigenvalue weighted by atomic mass is 10.1. The molecule has 0 bridgehead atoms. The third kappa shape index (κ3) is 5.02. The third-order valence-electron chi connectivity index (χ3n) is 3.17. The van der Waals surface area contributed by atoms with Crippen LogP contribution in [0.1, 0.15) is 20.3 Å². The minimum Gasteiger partial charge on any atom is -0.314 e. The number of benzene rings is 2. The maximum atomic E-state index is 12.0. The van der Waals surface area contributed by atoms with Crippen molar-refractivity contribution in [3.8, 4) is 0 Å². The highest BCUT2D eigenvalue weighted by atomic mass is 32.2. The van der Waals surface area contributed by atoms with Gasteiger partial charge in [0.1, 0.15) is 0 Å². The van der Waals surface area contributed by atoms with Crippen LogP contribution in [-0.2, 0) is 10.0 Å². The summed E-state index contributed by atoms with van der Waals surface area (Å²) in [5.74, 6) is 0.125. The smallest absolute Gasteiger partial charge is 0.232 e. The second-order valence-corrected chi connectivity index (χ2v) is 7.29. The Hall–Kier alpha value is -1.59. The van der Waals surface area contributed by atoms with E-state index in [1.165, 1.54) is 0 Å². The molecule has 0 aliphatic rings. The highest BCUT2D eigenvalue weighted by Crippen LogP contribution is 2.19. The van der Waals surface area contributed by atoms with Gasteiger partial charge >= 0.3 is 0 Å². The van der Waals surface area contributed by atoms with E-state index in [4.69, 9.17) is 0 Å². The molecule has 2 aromatic carbocycles. The molecule has 0 amide bonds. The molecule has 0 aliphatic carbocycles. The van der Waals surface area contributed by atoms with Crippen LogP contribution >= 0.6 is 0 Å². The van der Waals surface area contributed by atoms with Crippen molar-refractivity contribution in [1.29, 1.82) is 0 Å². The predicted octanol–water partition coefficient (Wildman–Crippen LogP) is 2.97. The summed E-state index contributed by atoms with van der Waals surface area (Å²) in [7, 11) is -3.29. The summed E-state index contributed by atoms with van der Waals surface area (Å²) in [6.45, 7) is 4.79. The molecule has 5 heteroatoms. The fraction of sp³-hybridized carbons (Fsp3) is 0.375. The van der Waals surface area contributed by atoms with Gasteiger partial charge in [-0.15, -0.1) is 0 Å². The average Bonchev–Trinajstić information content (AvgIpc) is 2.43. The first-order valence-corrected chi connectivity index (χ1v) is 8.84. The number of rotatable bonds is 7. The van der Waals surface area contributed by atoms with E-state index in [0.717, 1.165) is 10.8 Å². The van der Waals surface area contributed by atoms with Gasteiger partial charge in [-0.05, 0) is 35.9 Å². The summed E-state index contributed by atoms with van der Waals surface area (Å²) in [5.41, 5.74) is 0.616. The van der Waals surface area contributed by atoms with Crippen LogP contribution in [0, 0.1) is 0 Å². The van der Waals surface area contributed by atoms with Crippen LogP contribution < -0.4 is 10.0 Å². The maximum absolute atomic E-state index is 12.0. The van der Waals surface area contributed by atoms with Crippen LogP contribution in [0.2, 0.25) is 0 Å². The van der Waals surface area contributed by atoms with Gasteiger partial charge < -0.3 is 5.32 Å². The van der Waals surface area contributed by atoms with Gasteiger partial charge in [0.25, 0.3) is 0 Å². The van der Waals surface area contributed by atoms with Crippen molar-refractivity contribution >= 4 is 26.5 Å².